The third-order valence-electron chi connectivity index (χ3n) is 6.20. The molecule has 2 fully saturated rings. The topological polar surface area (TPSA) is 86.3 Å². The highest BCUT2D eigenvalue weighted by Crippen LogP contribution is 2.48. The highest BCUT2D eigenvalue weighted by molar-refractivity contribution is 5.78. The molecule has 1 aromatic carbocycles. The number of rotatable bonds is 4. The Labute approximate surface area is 168 Å². The highest BCUT2D eigenvalue weighted by atomic mass is 16.5. The number of likely N-dealkylation sites (N-methyl/N-ethyl adjacent to an activating group) is 1. The normalized spacial score (nSPS) is 23.8. The maximum Gasteiger partial charge on any atom is 0.258 e. The largest absolute Gasteiger partial charge is 0.356 e. The molecule has 0 bridgehead atoms. The summed E-state index contributed by atoms with van der Waals surface area (Å²) in [6.07, 6.45) is 6.21. The average Bonchev–Trinajstić information content (AvgIpc) is 3.34. The number of nitrogens with zero attached hydrogens (tertiary/aromatic N) is 5. The van der Waals surface area contributed by atoms with E-state index in [1.165, 1.54) is 5.56 Å². The fourth-order valence-electron chi connectivity index (χ4n) is 4.38. The lowest BCUT2D eigenvalue weighted by Crippen LogP contribution is -2.43. The molecule has 1 saturated carbocycles. The lowest BCUT2D eigenvalue weighted by atomic mass is 9.64. The first-order chi connectivity index (χ1) is 14.1. The fourth-order valence-corrected chi connectivity index (χ4v) is 4.38. The molecule has 5 rings (SSSR count). The molecule has 2 aromatic heterocycles. The molecule has 8 heteroatoms. The van der Waals surface area contributed by atoms with Crippen LogP contribution in [-0.2, 0) is 22.0 Å². The monoisotopic (exact) mass is 393 g/mol. The van der Waals surface area contributed by atoms with Crippen LogP contribution in [0.25, 0.3) is 0 Å². The minimum absolute atomic E-state index is 0.0144. The van der Waals surface area contributed by atoms with Gasteiger partial charge in [-0.25, -0.2) is 0 Å². The van der Waals surface area contributed by atoms with Crippen LogP contribution in [0.5, 0.6) is 0 Å². The van der Waals surface area contributed by atoms with Gasteiger partial charge < -0.3 is 14.2 Å². The maximum atomic E-state index is 12.3. The molecule has 1 saturated heterocycles. The van der Waals surface area contributed by atoms with Crippen LogP contribution in [0.1, 0.15) is 54.3 Å². The molecule has 1 aliphatic heterocycles. The molecule has 3 heterocycles. The number of morpholine rings is 1. The Bertz CT molecular complexity index is 1020. The summed E-state index contributed by atoms with van der Waals surface area (Å²) < 4.78 is 13.3. The van der Waals surface area contributed by atoms with Crippen molar-refractivity contribution in [3.8, 4) is 0 Å². The van der Waals surface area contributed by atoms with Crippen molar-refractivity contribution >= 4 is 5.91 Å². The second kappa shape index (κ2) is 6.81. The molecule has 0 N–H and O–H groups in total. The SMILES string of the molecule is CN1C(=O)CO[C@@H](c2nc(C3(c4ccccc4)CCC3)no2)[C@H]1c1cnn(C)c1. The number of hydrogen-bond donors (Lipinski definition) is 0. The van der Waals surface area contributed by atoms with E-state index in [0.29, 0.717) is 11.7 Å². The van der Waals surface area contributed by atoms with E-state index in [4.69, 9.17) is 14.2 Å². The van der Waals surface area contributed by atoms with Gasteiger partial charge in [-0.2, -0.15) is 10.1 Å². The maximum absolute atomic E-state index is 12.3. The number of benzene rings is 1. The van der Waals surface area contributed by atoms with Crippen LogP contribution in [0.3, 0.4) is 0 Å². The molecule has 0 unspecified atom stereocenters. The third-order valence-corrected chi connectivity index (χ3v) is 6.20. The number of amides is 1. The van der Waals surface area contributed by atoms with E-state index in [2.05, 4.69) is 22.4 Å². The Balaban J connectivity index is 1.51. The summed E-state index contributed by atoms with van der Waals surface area (Å²) in [6, 6.07) is 9.97. The first kappa shape index (κ1) is 18.1. The number of aryl methyl sites for hydroxylation is 1. The summed E-state index contributed by atoms with van der Waals surface area (Å²) in [6.45, 7) is -0.0144. The van der Waals surface area contributed by atoms with E-state index >= 15 is 0 Å². The Kier molecular flexibility index (Phi) is 4.24. The van der Waals surface area contributed by atoms with Gasteiger partial charge in [0.15, 0.2) is 11.9 Å². The van der Waals surface area contributed by atoms with Crippen molar-refractivity contribution in [1.29, 1.82) is 0 Å². The molecule has 3 aromatic rings. The fraction of sp³-hybridized carbons (Fsp3) is 0.429. The summed E-state index contributed by atoms with van der Waals surface area (Å²) in [5.74, 6) is 1.00. The van der Waals surface area contributed by atoms with Gasteiger partial charge in [-0.3, -0.25) is 9.48 Å². The van der Waals surface area contributed by atoms with Crippen LogP contribution in [0, 0.1) is 0 Å². The minimum Gasteiger partial charge on any atom is -0.356 e. The van der Waals surface area contributed by atoms with Gasteiger partial charge in [0.1, 0.15) is 6.61 Å². The van der Waals surface area contributed by atoms with Crippen molar-refractivity contribution in [2.45, 2.75) is 36.8 Å². The summed E-state index contributed by atoms with van der Waals surface area (Å²) in [5, 5.41) is 8.59. The van der Waals surface area contributed by atoms with Crippen LogP contribution in [-0.4, -0.2) is 44.4 Å². The van der Waals surface area contributed by atoms with Crippen LogP contribution in [0.2, 0.25) is 0 Å². The van der Waals surface area contributed by atoms with Gasteiger partial charge in [-0.05, 0) is 18.4 Å². The molecular formula is C21H23N5O3. The van der Waals surface area contributed by atoms with Crippen LogP contribution >= 0.6 is 0 Å². The molecule has 2 aliphatic rings. The van der Waals surface area contributed by atoms with Gasteiger partial charge >= 0.3 is 0 Å². The van der Waals surface area contributed by atoms with Crippen molar-refractivity contribution in [3.63, 3.8) is 0 Å². The van der Waals surface area contributed by atoms with Gasteiger partial charge in [0.05, 0.1) is 17.7 Å². The summed E-state index contributed by atoms with van der Waals surface area (Å²) in [7, 11) is 3.61. The predicted molar refractivity (Wildman–Crippen MR) is 103 cm³/mol. The Morgan fingerprint density at radius 3 is 2.62 bits per heavy atom. The molecule has 8 nitrogen and oxygen atoms in total. The number of aromatic nitrogens is 4. The molecule has 0 spiro atoms. The van der Waals surface area contributed by atoms with Gasteiger partial charge in [0.2, 0.25) is 5.91 Å². The number of carbonyl (C=O) groups excluding carboxylic acids is 1. The highest BCUT2D eigenvalue weighted by Gasteiger charge is 2.46. The molecule has 0 radical (unpaired) electrons. The molecule has 1 aliphatic carbocycles. The second-order valence-corrected chi connectivity index (χ2v) is 7.89. The number of carbonyl (C=O) groups is 1. The average molecular weight is 393 g/mol. The smallest absolute Gasteiger partial charge is 0.258 e. The van der Waals surface area contributed by atoms with Crippen molar-refractivity contribution in [3.05, 3.63) is 65.6 Å². The van der Waals surface area contributed by atoms with Gasteiger partial charge in [-0.15, -0.1) is 0 Å². The Morgan fingerprint density at radius 1 is 1.17 bits per heavy atom. The van der Waals surface area contributed by atoms with E-state index < -0.39 is 6.10 Å². The number of ether oxygens (including phenoxy) is 1. The lowest BCUT2D eigenvalue weighted by molar-refractivity contribution is -0.157. The molecule has 1 amide bonds. The van der Waals surface area contributed by atoms with E-state index in [1.807, 2.05) is 31.4 Å². The van der Waals surface area contributed by atoms with Gasteiger partial charge in [0.25, 0.3) is 5.89 Å². The van der Waals surface area contributed by atoms with Gasteiger partial charge in [0, 0.05) is 25.9 Å². The Hall–Kier alpha value is -3.00. The molecule has 2 atom stereocenters. The summed E-state index contributed by atoms with van der Waals surface area (Å²) >= 11 is 0. The molecule has 29 heavy (non-hydrogen) atoms. The summed E-state index contributed by atoms with van der Waals surface area (Å²) in [5.41, 5.74) is 1.87. The zero-order chi connectivity index (χ0) is 20.0. The van der Waals surface area contributed by atoms with Crippen LogP contribution in [0.15, 0.2) is 47.2 Å². The first-order valence-electron chi connectivity index (χ1n) is 9.84. The van der Waals surface area contributed by atoms with Crippen molar-refractivity contribution in [2.24, 2.45) is 7.05 Å². The first-order valence-corrected chi connectivity index (χ1v) is 9.84. The third kappa shape index (κ3) is 2.86. The standard InChI is InChI=1S/C21H23N5O3/c1-25-12-14(11-22-25)17-18(28-13-16(27)26(17)2)19-23-20(24-29-19)21(9-6-10-21)15-7-4-3-5-8-15/h3-5,7-8,11-12,17-18H,6,9-10,13H2,1-2H3/t17-,18-/m1/s1. The molecule has 150 valence electrons. The van der Waals surface area contributed by atoms with Gasteiger partial charge in [-0.1, -0.05) is 41.9 Å². The van der Waals surface area contributed by atoms with Crippen molar-refractivity contribution in [2.75, 3.05) is 13.7 Å². The lowest BCUT2D eigenvalue weighted by Gasteiger charge is -2.39. The molecular weight excluding hydrogens is 370 g/mol. The van der Waals surface area contributed by atoms with E-state index in [1.54, 1.807) is 22.8 Å². The summed E-state index contributed by atoms with van der Waals surface area (Å²) in [4.78, 5) is 18.7. The predicted octanol–water partition coefficient (Wildman–Crippen LogP) is 2.54. The van der Waals surface area contributed by atoms with Crippen LogP contribution in [0.4, 0.5) is 0 Å². The Morgan fingerprint density at radius 2 is 1.97 bits per heavy atom. The van der Waals surface area contributed by atoms with E-state index in [9.17, 15) is 4.79 Å². The second-order valence-electron chi connectivity index (χ2n) is 7.89. The van der Waals surface area contributed by atoms with E-state index in [0.717, 1.165) is 24.8 Å². The van der Waals surface area contributed by atoms with Crippen molar-refractivity contribution in [1.82, 2.24) is 24.8 Å². The van der Waals surface area contributed by atoms with E-state index in [-0.39, 0.29) is 24.0 Å². The quantitative estimate of drug-likeness (QED) is 0.677. The number of hydrogen-bond acceptors (Lipinski definition) is 6. The zero-order valence-electron chi connectivity index (χ0n) is 16.5. The zero-order valence-corrected chi connectivity index (χ0v) is 16.5. The minimum atomic E-state index is -0.531. The van der Waals surface area contributed by atoms with Crippen molar-refractivity contribution < 1.29 is 14.1 Å². The van der Waals surface area contributed by atoms with Crippen LogP contribution < -0.4 is 0 Å².